The van der Waals surface area contributed by atoms with Gasteiger partial charge in [0, 0.05) is 26.1 Å². The fraction of sp³-hybridized carbons (Fsp3) is 0.455. The van der Waals surface area contributed by atoms with Crippen LogP contribution >= 0.6 is 0 Å². The summed E-state index contributed by atoms with van der Waals surface area (Å²) in [6, 6.07) is 0. The van der Waals surface area contributed by atoms with Crippen molar-refractivity contribution in [2.24, 2.45) is 5.10 Å². The molecule has 0 spiro atoms. The first-order chi connectivity index (χ1) is 9.19. The van der Waals surface area contributed by atoms with Crippen molar-refractivity contribution >= 4 is 23.2 Å². The Morgan fingerprint density at radius 3 is 3.11 bits per heavy atom. The van der Waals surface area contributed by atoms with Gasteiger partial charge in [-0.25, -0.2) is 5.43 Å². The van der Waals surface area contributed by atoms with Crippen LogP contribution in [0.2, 0.25) is 0 Å². The van der Waals surface area contributed by atoms with Gasteiger partial charge in [0.1, 0.15) is 5.71 Å². The van der Waals surface area contributed by atoms with Crippen molar-refractivity contribution in [3.63, 3.8) is 0 Å². The van der Waals surface area contributed by atoms with Crippen LogP contribution in [0.4, 0.5) is 5.69 Å². The molecule has 0 saturated carbocycles. The number of hydrogen-bond donors (Lipinski definition) is 2. The zero-order valence-corrected chi connectivity index (χ0v) is 10.5. The number of hydrazone groups is 1. The Kier molecular flexibility index (Phi) is 4.24. The third kappa shape index (κ3) is 3.62. The molecule has 0 unspecified atom stereocenters. The summed E-state index contributed by atoms with van der Waals surface area (Å²) < 4.78 is 6.60. The van der Waals surface area contributed by atoms with E-state index >= 15 is 0 Å². The molecule has 1 aliphatic rings. The molecule has 0 atom stereocenters. The first kappa shape index (κ1) is 13.2. The lowest BCUT2D eigenvalue weighted by molar-refractivity contribution is -0.121. The van der Waals surface area contributed by atoms with Gasteiger partial charge in [-0.2, -0.15) is 10.2 Å². The minimum absolute atomic E-state index is 0.177. The molecule has 1 aliphatic heterocycles. The maximum Gasteiger partial charge on any atom is 0.271 e. The van der Waals surface area contributed by atoms with Crippen LogP contribution in [0, 0.1) is 0 Å². The number of hydrogen-bond acceptors (Lipinski definition) is 5. The fourth-order valence-electron chi connectivity index (χ4n) is 1.58. The quantitative estimate of drug-likeness (QED) is 0.766. The van der Waals surface area contributed by atoms with Crippen LogP contribution in [0.25, 0.3) is 0 Å². The number of ether oxygens (including phenoxy) is 1. The Morgan fingerprint density at radius 1 is 1.58 bits per heavy atom. The number of nitrogens with one attached hydrogen (secondary N) is 2. The number of methoxy groups -OCH3 is 1. The second-order valence-corrected chi connectivity index (χ2v) is 4.03. The lowest BCUT2D eigenvalue weighted by Gasteiger charge is -2.10. The molecule has 0 radical (unpaired) electrons. The Hall–Kier alpha value is -2.22. The highest BCUT2D eigenvalue weighted by molar-refractivity contribution is 6.43. The van der Waals surface area contributed by atoms with Crippen LogP contribution in [0.1, 0.15) is 12.8 Å². The van der Waals surface area contributed by atoms with E-state index in [0.29, 0.717) is 31.0 Å². The maximum atomic E-state index is 11.8. The summed E-state index contributed by atoms with van der Waals surface area (Å²) in [5, 5.41) is 10.5. The summed E-state index contributed by atoms with van der Waals surface area (Å²) in [6.07, 6.45) is 3.88. The zero-order valence-electron chi connectivity index (χ0n) is 10.5. The molecule has 1 aromatic rings. The van der Waals surface area contributed by atoms with E-state index in [9.17, 15) is 9.59 Å². The third-order valence-electron chi connectivity index (χ3n) is 2.58. The molecular weight excluding hydrogens is 250 g/mol. The predicted molar refractivity (Wildman–Crippen MR) is 67.5 cm³/mol. The monoisotopic (exact) mass is 265 g/mol. The van der Waals surface area contributed by atoms with E-state index < -0.39 is 0 Å². The van der Waals surface area contributed by atoms with Gasteiger partial charge < -0.3 is 10.1 Å². The van der Waals surface area contributed by atoms with Crippen molar-refractivity contribution in [2.75, 3.05) is 19.0 Å². The van der Waals surface area contributed by atoms with Gasteiger partial charge in [-0.05, 0) is 0 Å². The van der Waals surface area contributed by atoms with Crippen molar-refractivity contribution in [1.29, 1.82) is 0 Å². The van der Waals surface area contributed by atoms with Crippen molar-refractivity contribution < 1.29 is 14.3 Å². The van der Waals surface area contributed by atoms with Crippen LogP contribution in [0.15, 0.2) is 17.5 Å². The van der Waals surface area contributed by atoms with E-state index in [1.54, 1.807) is 24.2 Å². The van der Waals surface area contributed by atoms with E-state index in [4.69, 9.17) is 4.74 Å². The van der Waals surface area contributed by atoms with Crippen LogP contribution in [-0.2, 0) is 20.9 Å². The van der Waals surface area contributed by atoms with Gasteiger partial charge in [0.25, 0.3) is 5.91 Å². The van der Waals surface area contributed by atoms with Crippen molar-refractivity contribution in [3.05, 3.63) is 12.4 Å². The predicted octanol–water partition coefficient (Wildman–Crippen LogP) is -0.266. The molecule has 19 heavy (non-hydrogen) atoms. The minimum atomic E-state index is -0.328. The molecule has 0 aliphatic carbocycles. The number of amides is 2. The molecule has 1 aromatic heterocycles. The number of carbonyl (C=O) groups excluding carboxylic acids is 2. The summed E-state index contributed by atoms with van der Waals surface area (Å²) in [6.45, 7) is 1.16. The van der Waals surface area contributed by atoms with E-state index in [0.717, 1.165) is 0 Å². The first-order valence-electron chi connectivity index (χ1n) is 5.87. The summed E-state index contributed by atoms with van der Waals surface area (Å²) in [4.78, 5) is 22.8. The highest BCUT2D eigenvalue weighted by Gasteiger charge is 2.18. The van der Waals surface area contributed by atoms with Crippen molar-refractivity contribution in [3.8, 4) is 0 Å². The van der Waals surface area contributed by atoms with Crippen LogP contribution in [0.3, 0.4) is 0 Å². The molecular formula is C11H15N5O3. The molecule has 102 valence electrons. The average Bonchev–Trinajstić information content (AvgIpc) is 2.84. The second-order valence-electron chi connectivity index (χ2n) is 4.03. The van der Waals surface area contributed by atoms with Crippen LogP contribution in [0.5, 0.6) is 0 Å². The van der Waals surface area contributed by atoms with Gasteiger partial charge in [-0.3, -0.25) is 14.3 Å². The van der Waals surface area contributed by atoms with Gasteiger partial charge in [-0.1, -0.05) is 0 Å². The highest BCUT2D eigenvalue weighted by atomic mass is 16.5. The number of rotatable bonds is 5. The van der Waals surface area contributed by atoms with Gasteiger partial charge in [0.05, 0.1) is 25.0 Å². The topological polar surface area (TPSA) is 97.6 Å². The summed E-state index contributed by atoms with van der Waals surface area (Å²) in [7, 11) is 1.61. The maximum absolute atomic E-state index is 11.8. The van der Waals surface area contributed by atoms with Crippen molar-refractivity contribution in [1.82, 2.24) is 15.2 Å². The number of anilines is 1. The average molecular weight is 265 g/mol. The van der Waals surface area contributed by atoms with E-state index in [-0.39, 0.29) is 18.2 Å². The van der Waals surface area contributed by atoms with E-state index in [1.165, 1.54) is 0 Å². The Bertz CT molecular complexity index is 508. The SMILES string of the molecule is COCCn1cc(NC(=O)C2=NNC(=O)CC2)cn1. The molecule has 2 amide bonds. The number of aromatic nitrogens is 2. The van der Waals surface area contributed by atoms with Crippen molar-refractivity contribution in [2.45, 2.75) is 19.4 Å². The minimum Gasteiger partial charge on any atom is -0.383 e. The lowest BCUT2D eigenvalue weighted by Crippen LogP contribution is -2.32. The van der Waals surface area contributed by atoms with Gasteiger partial charge in [0.15, 0.2) is 0 Å². The van der Waals surface area contributed by atoms with Gasteiger partial charge >= 0.3 is 0 Å². The van der Waals surface area contributed by atoms with Gasteiger partial charge in [0.2, 0.25) is 5.91 Å². The summed E-state index contributed by atoms with van der Waals surface area (Å²) in [5.74, 6) is -0.504. The van der Waals surface area contributed by atoms with E-state index in [2.05, 4.69) is 20.9 Å². The first-order valence-corrected chi connectivity index (χ1v) is 5.87. The van der Waals surface area contributed by atoms with Crippen LogP contribution in [-0.4, -0.2) is 41.0 Å². The van der Waals surface area contributed by atoms with E-state index in [1.807, 2.05) is 0 Å². The molecule has 0 aromatic carbocycles. The molecule has 8 heteroatoms. The second kappa shape index (κ2) is 6.10. The molecule has 0 saturated heterocycles. The molecule has 0 fully saturated rings. The molecule has 2 heterocycles. The standard InChI is InChI=1S/C11H15N5O3/c1-19-5-4-16-7-8(6-12-16)13-11(18)9-2-3-10(17)15-14-9/h6-7H,2-5H2,1H3,(H,13,18)(H,15,17). The number of nitrogens with zero attached hydrogens (tertiary/aromatic N) is 3. The molecule has 2 N–H and O–H groups in total. The van der Waals surface area contributed by atoms with Crippen LogP contribution < -0.4 is 10.7 Å². The Balaban J connectivity index is 1.91. The molecule has 0 bridgehead atoms. The fourth-order valence-corrected chi connectivity index (χ4v) is 1.58. The third-order valence-corrected chi connectivity index (χ3v) is 2.58. The zero-order chi connectivity index (χ0) is 13.7. The number of carbonyl (C=O) groups is 2. The summed E-state index contributed by atoms with van der Waals surface area (Å²) in [5.41, 5.74) is 3.18. The highest BCUT2D eigenvalue weighted by Crippen LogP contribution is 2.07. The molecule has 2 rings (SSSR count). The molecule has 8 nitrogen and oxygen atoms in total. The Morgan fingerprint density at radius 2 is 2.42 bits per heavy atom. The lowest BCUT2D eigenvalue weighted by atomic mass is 10.1. The Labute approximate surface area is 109 Å². The summed E-state index contributed by atoms with van der Waals surface area (Å²) >= 11 is 0. The largest absolute Gasteiger partial charge is 0.383 e. The van der Waals surface area contributed by atoms with Gasteiger partial charge in [-0.15, -0.1) is 0 Å². The normalized spacial score (nSPS) is 14.8. The smallest absolute Gasteiger partial charge is 0.271 e.